The van der Waals surface area contributed by atoms with Gasteiger partial charge in [0, 0.05) is 33.1 Å². The van der Waals surface area contributed by atoms with Crippen LogP contribution >= 0.6 is 0 Å². The molecule has 1 N–H and O–H groups in total. The first kappa shape index (κ1) is 14.2. The molecular weight excluding hydrogens is 328 g/mol. The molecule has 1 saturated heterocycles. The molecule has 0 spiro atoms. The maximum Gasteiger partial charge on any atom is 0.305 e. The van der Waals surface area contributed by atoms with Gasteiger partial charge in [0.1, 0.15) is 18.8 Å². The minimum absolute atomic E-state index is 0.609. The highest BCUT2D eigenvalue weighted by Gasteiger charge is 2.51. The average molecular weight is 352 g/mol. The predicted octanol–water partition coefficient (Wildman–Crippen LogP) is -0.938. The molecule has 0 saturated carbocycles. The van der Waals surface area contributed by atoms with Gasteiger partial charge in [-0.3, -0.25) is 19.2 Å². The van der Waals surface area contributed by atoms with Crippen LogP contribution in [0.2, 0.25) is 0 Å². The van der Waals surface area contributed by atoms with E-state index in [9.17, 15) is 24.3 Å². The molecule has 0 aromatic carbocycles. The maximum atomic E-state index is 11.5. The lowest BCUT2D eigenvalue weighted by Gasteiger charge is -2.42. The van der Waals surface area contributed by atoms with Gasteiger partial charge in [-0.1, -0.05) is 0 Å². The Labute approximate surface area is 143 Å². The number of rotatable bonds is 5. The van der Waals surface area contributed by atoms with Crippen molar-refractivity contribution >= 4 is 23.9 Å². The molecule has 24 heavy (non-hydrogen) atoms. The third-order valence-corrected chi connectivity index (χ3v) is 2.81. The number of hydrogen-bond acceptors (Lipinski definition) is 10. The molecular formula is C14H20O10. The van der Waals surface area contributed by atoms with Gasteiger partial charge in [-0.25, -0.2) is 0 Å². The summed E-state index contributed by atoms with van der Waals surface area (Å²) in [6.45, 7) is -3.81. The van der Waals surface area contributed by atoms with E-state index in [2.05, 4.69) is 0 Å². The fourth-order valence-electron chi connectivity index (χ4n) is 1.99. The first-order valence-corrected chi connectivity index (χ1v) is 6.51. The van der Waals surface area contributed by atoms with Crippen LogP contribution in [0.25, 0.3) is 0 Å². The van der Waals surface area contributed by atoms with Gasteiger partial charge in [-0.2, -0.15) is 0 Å². The molecule has 1 rings (SSSR count). The van der Waals surface area contributed by atoms with Crippen LogP contribution in [0.1, 0.15) is 33.1 Å². The summed E-state index contributed by atoms with van der Waals surface area (Å²) >= 11 is 0. The largest absolute Gasteiger partial charge is 0.463 e. The minimum Gasteiger partial charge on any atom is -0.463 e. The van der Waals surface area contributed by atoms with Gasteiger partial charge in [0.25, 0.3) is 0 Å². The summed E-state index contributed by atoms with van der Waals surface area (Å²) in [5.41, 5.74) is 0. The van der Waals surface area contributed by atoms with Crippen LogP contribution in [0.4, 0.5) is 0 Å². The van der Waals surface area contributed by atoms with Crippen molar-refractivity contribution in [3.05, 3.63) is 0 Å². The van der Waals surface area contributed by atoms with Crippen LogP contribution in [0.15, 0.2) is 0 Å². The molecule has 10 heteroatoms. The molecule has 0 bridgehead atoms. The molecule has 0 amide bonds. The van der Waals surface area contributed by atoms with Crippen LogP contribution in [0.3, 0.4) is 0 Å². The van der Waals surface area contributed by atoms with Gasteiger partial charge in [0.15, 0.2) is 6.10 Å². The fraction of sp³-hybridized carbons (Fsp3) is 0.714. The molecule has 1 aliphatic rings. The number of carbonyl (C=O) groups is 4. The van der Waals surface area contributed by atoms with Gasteiger partial charge in [-0.15, -0.1) is 0 Å². The number of ether oxygens (including phenoxy) is 5. The standard InChI is InChI=1S/C14H20O10/c1-6(15)20-5-10-11(19)12(21-7(2)16)13(22-8(3)17)14(24-10)23-9(4)18/h10-14,19H,5H2,1-4H3/t10-,11-,12+,13-,14?/m1/s1/i1D,2D,3D,4D. The number of hydrogen-bond donors (Lipinski definition) is 1. The molecule has 0 radical (unpaired) electrons. The SMILES string of the molecule is [2H]CC(=O)OC[C@H]1OC(OC(=O)C[2H])[C@H](OC(=O)C[2H])[C@@H](OC(=O)C[2H])[C@@H]1O. The second kappa shape index (κ2) is 8.60. The normalized spacial score (nSPS) is 31.5. The van der Waals surface area contributed by atoms with E-state index in [0.29, 0.717) is 0 Å². The van der Waals surface area contributed by atoms with E-state index in [1.165, 1.54) is 0 Å². The molecule has 0 aromatic rings. The van der Waals surface area contributed by atoms with E-state index in [-0.39, 0.29) is 0 Å². The van der Waals surface area contributed by atoms with Crippen LogP contribution in [0, 0.1) is 0 Å². The Balaban J connectivity index is 3.13. The lowest BCUT2D eigenvalue weighted by Crippen LogP contribution is -2.62. The second-order valence-electron chi connectivity index (χ2n) is 4.62. The van der Waals surface area contributed by atoms with Gasteiger partial charge >= 0.3 is 23.9 Å². The maximum absolute atomic E-state index is 11.5. The first-order chi connectivity index (χ1) is 13.3. The Morgan fingerprint density at radius 1 is 0.917 bits per heavy atom. The molecule has 10 nitrogen and oxygen atoms in total. The highest BCUT2D eigenvalue weighted by Crippen LogP contribution is 2.27. The van der Waals surface area contributed by atoms with Gasteiger partial charge in [0.2, 0.25) is 12.4 Å². The van der Waals surface area contributed by atoms with Gasteiger partial charge < -0.3 is 28.8 Å². The van der Waals surface area contributed by atoms with Crippen molar-refractivity contribution in [1.82, 2.24) is 0 Å². The first-order valence-electron chi connectivity index (χ1n) is 9.34. The Bertz CT molecular complexity index is 574. The Morgan fingerprint density at radius 2 is 1.46 bits per heavy atom. The Morgan fingerprint density at radius 3 is 2.04 bits per heavy atom. The van der Waals surface area contributed by atoms with Crippen molar-refractivity contribution in [2.24, 2.45) is 0 Å². The zero-order chi connectivity index (χ0) is 21.3. The number of carbonyl (C=O) groups excluding carboxylic acids is 4. The monoisotopic (exact) mass is 352 g/mol. The van der Waals surface area contributed by atoms with E-state index < -0.39 is 88.8 Å². The Kier molecular flexibility index (Phi) is 5.07. The van der Waals surface area contributed by atoms with Crippen LogP contribution in [0.5, 0.6) is 0 Å². The predicted molar refractivity (Wildman–Crippen MR) is 74.2 cm³/mol. The topological polar surface area (TPSA) is 135 Å². The summed E-state index contributed by atoms with van der Waals surface area (Å²) in [6.07, 6.45) is -8.26. The number of aliphatic hydroxyl groups excluding tert-OH is 1. The van der Waals surface area contributed by atoms with Crippen molar-refractivity contribution in [2.45, 2.75) is 58.3 Å². The minimum atomic E-state index is -1.75. The zero-order valence-electron chi connectivity index (χ0n) is 16.5. The van der Waals surface area contributed by atoms with Crippen LogP contribution in [-0.2, 0) is 42.9 Å². The zero-order valence-corrected chi connectivity index (χ0v) is 12.5. The summed E-state index contributed by atoms with van der Waals surface area (Å²) in [5.74, 6) is -4.26. The van der Waals surface area contributed by atoms with Crippen LogP contribution in [-0.4, -0.2) is 66.3 Å². The van der Waals surface area contributed by atoms with E-state index in [1.54, 1.807) is 0 Å². The Hall–Kier alpha value is -2.20. The molecule has 5 atom stereocenters. The van der Waals surface area contributed by atoms with Gasteiger partial charge in [-0.05, 0) is 0 Å². The summed E-state index contributed by atoms with van der Waals surface area (Å²) in [4.78, 5) is 45.7. The quantitative estimate of drug-likeness (QED) is 0.488. The van der Waals surface area contributed by atoms with Crippen LogP contribution < -0.4 is 0 Å². The summed E-state index contributed by atoms with van der Waals surface area (Å²) in [6, 6.07) is 0. The van der Waals surface area contributed by atoms with Crippen molar-refractivity contribution in [3.63, 3.8) is 0 Å². The third-order valence-electron chi connectivity index (χ3n) is 2.81. The van der Waals surface area contributed by atoms with Crippen molar-refractivity contribution in [1.29, 1.82) is 0 Å². The molecule has 1 unspecified atom stereocenters. The fourth-order valence-corrected chi connectivity index (χ4v) is 1.99. The molecule has 136 valence electrons. The van der Waals surface area contributed by atoms with E-state index in [4.69, 9.17) is 29.2 Å². The highest BCUT2D eigenvalue weighted by molar-refractivity contribution is 5.68. The van der Waals surface area contributed by atoms with Gasteiger partial charge in [0.05, 0.1) is 0 Å². The third kappa shape index (κ3) is 5.78. The summed E-state index contributed by atoms with van der Waals surface area (Å²) in [7, 11) is 0. The number of aliphatic hydroxyl groups is 1. The van der Waals surface area contributed by atoms with E-state index in [0.717, 1.165) is 0 Å². The van der Waals surface area contributed by atoms with E-state index >= 15 is 0 Å². The number of esters is 4. The molecule has 1 aliphatic heterocycles. The summed E-state index contributed by atoms with van der Waals surface area (Å²) < 4.78 is 52.5. The highest BCUT2D eigenvalue weighted by atomic mass is 16.7. The lowest BCUT2D eigenvalue weighted by atomic mass is 9.98. The average Bonchev–Trinajstić information content (AvgIpc) is 2.70. The summed E-state index contributed by atoms with van der Waals surface area (Å²) in [5, 5.41) is 10.4. The van der Waals surface area contributed by atoms with Crippen molar-refractivity contribution in [2.75, 3.05) is 6.61 Å². The molecule has 1 fully saturated rings. The van der Waals surface area contributed by atoms with Crippen molar-refractivity contribution < 1.29 is 53.5 Å². The lowest BCUT2D eigenvalue weighted by molar-refractivity contribution is -0.298. The van der Waals surface area contributed by atoms with E-state index in [1.807, 2.05) is 0 Å². The second-order valence-corrected chi connectivity index (χ2v) is 4.62. The molecule has 0 aliphatic carbocycles. The molecule has 1 heterocycles. The smallest absolute Gasteiger partial charge is 0.305 e. The molecule has 0 aromatic heterocycles. The van der Waals surface area contributed by atoms with Crippen molar-refractivity contribution in [3.8, 4) is 0 Å².